The highest BCUT2D eigenvalue weighted by Gasteiger charge is 2.30. The van der Waals surface area contributed by atoms with E-state index in [1.54, 1.807) is 6.07 Å². The summed E-state index contributed by atoms with van der Waals surface area (Å²) < 4.78 is 43.3. The van der Waals surface area contributed by atoms with Gasteiger partial charge in [0.2, 0.25) is 0 Å². The van der Waals surface area contributed by atoms with Crippen molar-refractivity contribution < 1.29 is 22.7 Å². The van der Waals surface area contributed by atoms with Gasteiger partial charge in [-0.2, -0.15) is 13.2 Å². The number of esters is 1. The van der Waals surface area contributed by atoms with Gasteiger partial charge in [-0.15, -0.1) is 0 Å². The quantitative estimate of drug-likeness (QED) is 0.770. The fourth-order valence-electron chi connectivity index (χ4n) is 3.25. The van der Waals surface area contributed by atoms with Crippen molar-refractivity contribution in [3.05, 3.63) is 70.8 Å². The number of hydrogen-bond donors (Lipinski definition) is 1. The van der Waals surface area contributed by atoms with Crippen LogP contribution in [0.5, 0.6) is 0 Å². The average molecular weight is 377 g/mol. The molecule has 1 unspecified atom stereocenters. The van der Waals surface area contributed by atoms with E-state index in [4.69, 9.17) is 4.74 Å². The largest absolute Gasteiger partial charge is 0.465 e. The molecule has 2 aromatic rings. The van der Waals surface area contributed by atoms with Crippen molar-refractivity contribution in [2.45, 2.75) is 31.4 Å². The molecule has 0 radical (unpaired) electrons. The van der Waals surface area contributed by atoms with Crippen molar-refractivity contribution in [2.24, 2.45) is 0 Å². The summed E-state index contributed by atoms with van der Waals surface area (Å²) in [5.74, 6) is 0.149. The summed E-state index contributed by atoms with van der Waals surface area (Å²) in [6.45, 7) is 2.08. The van der Waals surface area contributed by atoms with E-state index in [1.807, 2.05) is 24.3 Å². The SMILES string of the molecule is O=C(Cc1ccc(C2CCNC2)cc1)OCCc1cccc(C(F)(F)F)c1. The first kappa shape index (κ1) is 19.4. The summed E-state index contributed by atoms with van der Waals surface area (Å²) in [6, 6.07) is 13.0. The zero-order chi connectivity index (χ0) is 19.3. The zero-order valence-electron chi connectivity index (χ0n) is 14.9. The fraction of sp³-hybridized carbons (Fsp3) is 0.381. The molecule has 1 heterocycles. The summed E-state index contributed by atoms with van der Waals surface area (Å²) >= 11 is 0. The Morgan fingerprint density at radius 2 is 1.89 bits per heavy atom. The molecule has 144 valence electrons. The van der Waals surface area contributed by atoms with Crippen LogP contribution in [0.1, 0.15) is 34.6 Å². The molecule has 0 amide bonds. The fourth-order valence-corrected chi connectivity index (χ4v) is 3.25. The predicted molar refractivity (Wildman–Crippen MR) is 96.5 cm³/mol. The molecule has 2 aromatic carbocycles. The number of nitrogens with one attached hydrogen (secondary N) is 1. The molecule has 0 bridgehead atoms. The van der Waals surface area contributed by atoms with Gasteiger partial charge in [-0.1, -0.05) is 42.5 Å². The van der Waals surface area contributed by atoms with Gasteiger partial charge in [0.05, 0.1) is 18.6 Å². The lowest BCUT2D eigenvalue weighted by Crippen LogP contribution is -2.11. The lowest BCUT2D eigenvalue weighted by atomic mass is 9.97. The van der Waals surface area contributed by atoms with Gasteiger partial charge < -0.3 is 10.1 Å². The van der Waals surface area contributed by atoms with Crippen LogP contribution in [0, 0.1) is 0 Å². The Labute approximate surface area is 156 Å². The Morgan fingerprint density at radius 1 is 1.11 bits per heavy atom. The second kappa shape index (κ2) is 8.57. The molecule has 1 atom stereocenters. The molecule has 1 N–H and O–H groups in total. The van der Waals surface area contributed by atoms with Crippen molar-refractivity contribution in [2.75, 3.05) is 19.7 Å². The predicted octanol–water partition coefficient (Wildman–Crippen LogP) is 4.11. The highest BCUT2D eigenvalue weighted by atomic mass is 19.4. The molecule has 1 fully saturated rings. The number of hydrogen-bond acceptors (Lipinski definition) is 3. The lowest BCUT2D eigenvalue weighted by Gasteiger charge is -2.10. The van der Waals surface area contributed by atoms with E-state index >= 15 is 0 Å². The molecule has 6 heteroatoms. The second-order valence-electron chi connectivity index (χ2n) is 6.78. The molecule has 1 aliphatic heterocycles. The Kier molecular flexibility index (Phi) is 6.16. The van der Waals surface area contributed by atoms with Crippen LogP contribution in [0.2, 0.25) is 0 Å². The summed E-state index contributed by atoms with van der Waals surface area (Å²) in [5.41, 5.74) is 1.94. The van der Waals surface area contributed by atoms with Crippen LogP contribution in [-0.2, 0) is 28.5 Å². The van der Waals surface area contributed by atoms with E-state index in [-0.39, 0.29) is 25.4 Å². The molecule has 3 rings (SSSR count). The molecule has 0 saturated carbocycles. The van der Waals surface area contributed by atoms with Crippen LogP contribution in [-0.4, -0.2) is 25.7 Å². The van der Waals surface area contributed by atoms with E-state index < -0.39 is 11.7 Å². The lowest BCUT2D eigenvalue weighted by molar-refractivity contribution is -0.143. The van der Waals surface area contributed by atoms with Crippen molar-refractivity contribution in [1.82, 2.24) is 5.32 Å². The van der Waals surface area contributed by atoms with Crippen LogP contribution < -0.4 is 5.32 Å². The van der Waals surface area contributed by atoms with Crippen molar-refractivity contribution in [3.63, 3.8) is 0 Å². The highest BCUT2D eigenvalue weighted by Crippen LogP contribution is 2.29. The van der Waals surface area contributed by atoms with Gasteiger partial charge in [0.15, 0.2) is 0 Å². The van der Waals surface area contributed by atoms with Gasteiger partial charge in [0, 0.05) is 13.0 Å². The smallest absolute Gasteiger partial charge is 0.416 e. The molecule has 0 aromatic heterocycles. The monoisotopic (exact) mass is 377 g/mol. The number of halogens is 3. The Morgan fingerprint density at radius 3 is 2.56 bits per heavy atom. The third kappa shape index (κ3) is 5.57. The van der Waals surface area contributed by atoms with Crippen molar-refractivity contribution in [1.29, 1.82) is 0 Å². The first-order valence-corrected chi connectivity index (χ1v) is 9.03. The number of carbonyl (C=O) groups excluding carboxylic acids is 1. The van der Waals surface area contributed by atoms with Crippen molar-refractivity contribution >= 4 is 5.97 Å². The van der Waals surface area contributed by atoms with E-state index in [1.165, 1.54) is 11.6 Å². The van der Waals surface area contributed by atoms with Gasteiger partial charge in [-0.05, 0) is 41.6 Å². The topological polar surface area (TPSA) is 38.3 Å². The molecule has 1 aliphatic rings. The minimum atomic E-state index is -4.37. The first-order valence-electron chi connectivity index (χ1n) is 9.03. The second-order valence-corrected chi connectivity index (χ2v) is 6.78. The normalized spacial score (nSPS) is 17.1. The molecule has 0 spiro atoms. The molecule has 0 aliphatic carbocycles. The van der Waals surface area contributed by atoms with Gasteiger partial charge in [-0.25, -0.2) is 0 Å². The van der Waals surface area contributed by atoms with E-state index in [0.717, 1.165) is 37.2 Å². The Hall–Kier alpha value is -2.34. The number of alkyl halides is 3. The Balaban J connectivity index is 1.46. The van der Waals surface area contributed by atoms with Gasteiger partial charge >= 0.3 is 12.1 Å². The maximum atomic E-state index is 12.7. The minimum absolute atomic E-state index is 0.0615. The van der Waals surface area contributed by atoms with Crippen LogP contribution in [0.4, 0.5) is 13.2 Å². The maximum absolute atomic E-state index is 12.7. The summed E-state index contributed by atoms with van der Waals surface area (Å²) in [7, 11) is 0. The zero-order valence-corrected chi connectivity index (χ0v) is 14.9. The van der Waals surface area contributed by atoms with Crippen LogP contribution in [0.3, 0.4) is 0 Å². The summed E-state index contributed by atoms with van der Waals surface area (Å²) in [6.07, 6.45) is -2.83. The van der Waals surface area contributed by atoms with E-state index in [2.05, 4.69) is 5.32 Å². The summed E-state index contributed by atoms with van der Waals surface area (Å²) in [4.78, 5) is 12.0. The third-order valence-electron chi connectivity index (χ3n) is 4.77. The van der Waals surface area contributed by atoms with E-state index in [0.29, 0.717) is 11.5 Å². The van der Waals surface area contributed by atoms with Gasteiger partial charge in [-0.3, -0.25) is 4.79 Å². The number of rotatable bonds is 6. The molecule has 27 heavy (non-hydrogen) atoms. The van der Waals surface area contributed by atoms with E-state index in [9.17, 15) is 18.0 Å². The van der Waals surface area contributed by atoms with Gasteiger partial charge in [0.25, 0.3) is 0 Å². The summed E-state index contributed by atoms with van der Waals surface area (Å²) in [5, 5.41) is 3.33. The standard InChI is InChI=1S/C21H22F3NO2/c22-21(23,24)19-3-1-2-15(12-19)9-11-27-20(26)13-16-4-6-17(7-5-16)18-8-10-25-14-18/h1-7,12,18,25H,8-11,13-14H2. The third-order valence-corrected chi connectivity index (χ3v) is 4.77. The Bertz CT molecular complexity index is 766. The minimum Gasteiger partial charge on any atom is -0.465 e. The maximum Gasteiger partial charge on any atom is 0.416 e. The highest BCUT2D eigenvalue weighted by molar-refractivity contribution is 5.72. The van der Waals surface area contributed by atoms with Crippen LogP contribution in [0.25, 0.3) is 0 Å². The van der Waals surface area contributed by atoms with Crippen LogP contribution >= 0.6 is 0 Å². The molecule has 3 nitrogen and oxygen atoms in total. The van der Waals surface area contributed by atoms with Crippen LogP contribution in [0.15, 0.2) is 48.5 Å². The van der Waals surface area contributed by atoms with Gasteiger partial charge in [0.1, 0.15) is 0 Å². The molecule has 1 saturated heterocycles. The molecular weight excluding hydrogens is 355 g/mol. The first-order chi connectivity index (χ1) is 12.9. The number of ether oxygens (including phenoxy) is 1. The average Bonchev–Trinajstić information content (AvgIpc) is 3.16. The number of carbonyl (C=O) groups is 1. The number of benzene rings is 2. The molecular formula is C21H22F3NO2. The van der Waals surface area contributed by atoms with Crippen molar-refractivity contribution in [3.8, 4) is 0 Å².